The van der Waals surface area contributed by atoms with Crippen LogP contribution in [0.25, 0.3) is 0 Å². The van der Waals surface area contributed by atoms with Crippen LogP contribution in [0.1, 0.15) is 15.9 Å². The highest BCUT2D eigenvalue weighted by Gasteiger charge is 2.28. The third-order valence-corrected chi connectivity index (χ3v) is 3.23. The van der Waals surface area contributed by atoms with Gasteiger partial charge in [-0.25, -0.2) is 13.5 Å². The molecule has 2 rings (SSSR count). The number of carbonyl (C=O) groups is 1. The first-order valence-corrected chi connectivity index (χ1v) is 7.60. The second-order valence-corrected chi connectivity index (χ2v) is 5.20. The predicted molar refractivity (Wildman–Crippen MR) is 75.3 cm³/mol. The van der Waals surface area contributed by atoms with E-state index in [1.807, 2.05) is 9.66 Å². The van der Waals surface area contributed by atoms with Crippen molar-refractivity contribution in [3.63, 3.8) is 0 Å². The van der Waals surface area contributed by atoms with Gasteiger partial charge in [-0.1, -0.05) is 24.3 Å². The van der Waals surface area contributed by atoms with Gasteiger partial charge in [0, 0.05) is 11.1 Å². The van der Waals surface area contributed by atoms with Crippen LogP contribution < -0.4 is 9.66 Å². The van der Waals surface area contributed by atoms with Crippen LogP contribution >= 0.6 is 0 Å². The number of carbonyl (C=O) groups excluding carboxylic acids is 1. The fourth-order valence-electron chi connectivity index (χ4n) is 1.77. The summed E-state index contributed by atoms with van der Waals surface area (Å²) in [6, 6.07) is 6.34. The number of nitrogens with zero attached hydrogens (tertiary/aromatic N) is 1. The molecule has 0 saturated carbocycles. The molecule has 2 unspecified atom stereocenters. The Balaban J connectivity index is 2.42. The van der Waals surface area contributed by atoms with Gasteiger partial charge in [-0.2, -0.15) is 0 Å². The SMILES string of the molecule is N=C1C=C(N(NS(=O)O)NS(=O)O)C(=O)c2ccccc21. The van der Waals surface area contributed by atoms with Gasteiger partial charge in [0.05, 0.1) is 5.71 Å². The minimum atomic E-state index is -2.59. The Morgan fingerprint density at radius 3 is 2.10 bits per heavy atom. The van der Waals surface area contributed by atoms with Gasteiger partial charge in [0.2, 0.25) is 5.78 Å². The molecular weight excluding hydrogens is 320 g/mol. The van der Waals surface area contributed by atoms with Crippen LogP contribution in [-0.2, 0) is 22.5 Å². The molecule has 112 valence electrons. The monoisotopic (exact) mass is 330 g/mol. The number of benzene rings is 1. The maximum atomic E-state index is 12.3. The molecule has 1 aromatic rings. The molecule has 1 aromatic carbocycles. The number of hydrogen-bond donors (Lipinski definition) is 5. The smallest absolute Gasteiger partial charge is 0.251 e. The minimum Gasteiger partial charge on any atom is -0.300 e. The molecule has 0 radical (unpaired) electrons. The minimum absolute atomic E-state index is 0.0127. The maximum absolute atomic E-state index is 12.3. The van der Waals surface area contributed by atoms with Crippen LogP contribution in [0.3, 0.4) is 0 Å². The molecule has 0 bridgehead atoms. The number of allylic oxidation sites excluding steroid dienone is 2. The summed E-state index contributed by atoms with van der Waals surface area (Å²) >= 11 is -5.19. The highest BCUT2D eigenvalue weighted by atomic mass is 32.2. The number of ketones is 1. The molecule has 5 N–H and O–H groups in total. The molecule has 0 amide bonds. The van der Waals surface area contributed by atoms with Gasteiger partial charge in [-0.3, -0.25) is 13.9 Å². The van der Waals surface area contributed by atoms with E-state index in [0.717, 1.165) is 6.08 Å². The van der Waals surface area contributed by atoms with Crippen LogP contribution in [-0.4, -0.2) is 34.1 Å². The van der Waals surface area contributed by atoms with Crippen molar-refractivity contribution in [3.05, 3.63) is 47.2 Å². The van der Waals surface area contributed by atoms with Crippen molar-refractivity contribution >= 4 is 34.0 Å². The van der Waals surface area contributed by atoms with Crippen molar-refractivity contribution in [1.29, 1.82) is 5.41 Å². The first-order chi connectivity index (χ1) is 9.90. The Morgan fingerprint density at radius 1 is 1.05 bits per heavy atom. The molecule has 0 aliphatic heterocycles. The van der Waals surface area contributed by atoms with E-state index >= 15 is 0 Å². The van der Waals surface area contributed by atoms with Gasteiger partial charge in [-0.05, 0) is 6.08 Å². The third-order valence-electron chi connectivity index (χ3n) is 2.56. The fraction of sp³-hybridized carbons (Fsp3) is 0. The molecule has 9 nitrogen and oxygen atoms in total. The molecule has 0 fully saturated rings. The van der Waals surface area contributed by atoms with Crippen molar-refractivity contribution in [2.75, 3.05) is 0 Å². The predicted octanol–water partition coefficient (Wildman–Crippen LogP) is -0.281. The Morgan fingerprint density at radius 2 is 1.57 bits per heavy atom. The molecule has 0 saturated heterocycles. The quantitative estimate of drug-likeness (QED) is 0.371. The van der Waals surface area contributed by atoms with Crippen LogP contribution in [0.15, 0.2) is 36.0 Å². The summed E-state index contributed by atoms with van der Waals surface area (Å²) < 4.78 is 39.3. The van der Waals surface area contributed by atoms with Gasteiger partial charge in [-0.15, -0.1) is 9.66 Å². The van der Waals surface area contributed by atoms with E-state index in [1.54, 1.807) is 18.2 Å². The van der Waals surface area contributed by atoms with E-state index in [2.05, 4.69) is 0 Å². The van der Waals surface area contributed by atoms with E-state index in [1.165, 1.54) is 6.07 Å². The molecule has 1 aliphatic rings. The summed E-state index contributed by atoms with van der Waals surface area (Å²) in [5, 5.41) is 8.40. The van der Waals surface area contributed by atoms with E-state index in [4.69, 9.17) is 14.5 Å². The van der Waals surface area contributed by atoms with Crippen molar-refractivity contribution in [2.45, 2.75) is 0 Å². The largest absolute Gasteiger partial charge is 0.300 e. The summed E-state index contributed by atoms with van der Waals surface area (Å²) in [7, 11) is 0. The van der Waals surface area contributed by atoms with Crippen LogP contribution in [0.5, 0.6) is 0 Å². The van der Waals surface area contributed by atoms with Crippen molar-refractivity contribution in [1.82, 2.24) is 14.8 Å². The van der Waals surface area contributed by atoms with Gasteiger partial charge in [0.15, 0.2) is 0 Å². The van der Waals surface area contributed by atoms with Crippen molar-refractivity contribution in [3.8, 4) is 0 Å². The average molecular weight is 330 g/mol. The lowest BCUT2D eigenvalue weighted by Crippen LogP contribution is -2.50. The van der Waals surface area contributed by atoms with Crippen LogP contribution in [0, 0.1) is 5.41 Å². The highest BCUT2D eigenvalue weighted by Crippen LogP contribution is 2.21. The van der Waals surface area contributed by atoms with Crippen LogP contribution in [0.4, 0.5) is 0 Å². The fourth-order valence-corrected chi connectivity index (χ4v) is 2.43. The van der Waals surface area contributed by atoms with Crippen molar-refractivity contribution in [2.24, 2.45) is 0 Å². The molecule has 1 aliphatic carbocycles. The van der Waals surface area contributed by atoms with Gasteiger partial charge < -0.3 is 5.41 Å². The Kier molecular flexibility index (Phi) is 4.72. The lowest BCUT2D eigenvalue weighted by atomic mass is 9.92. The van der Waals surface area contributed by atoms with E-state index < -0.39 is 28.3 Å². The summed E-state index contributed by atoms with van der Waals surface area (Å²) in [5.41, 5.74) is 0.340. The third kappa shape index (κ3) is 3.47. The zero-order valence-corrected chi connectivity index (χ0v) is 11.9. The summed E-state index contributed by atoms with van der Waals surface area (Å²) in [6.45, 7) is 0. The highest BCUT2D eigenvalue weighted by molar-refractivity contribution is 7.77. The number of hydrazine groups is 2. The van der Waals surface area contributed by atoms with Gasteiger partial charge in [0.1, 0.15) is 5.70 Å². The number of nitrogens with one attached hydrogen (secondary N) is 3. The van der Waals surface area contributed by atoms with E-state index in [-0.39, 0.29) is 17.0 Å². The molecule has 0 heterocycles. The molecule has 11 heteroatoms. The molecule has 0 aromatic heterocycles. The summed E-state index contributed by atoms with van der Waals surface area (Å²) in [4.78, 5) is 16.1. The number of fused-ring (bicyclic) bond motifs is 1. The van der Waals surface area contributed by atoms with E-state index in [0.29, 0.717) is 10.7 Å². The first kappa shape index (κ1) is 15.6. The number of hydrogen-bond acceptors (Lipinski definition) is 5. The van der Waals surface area contributed by atoms with Crippen molar-refractivity contribution < 1.29 is 22.3 Å². The topological polar surface area (TPSA) is 143 Å². The molecular formula is C10H10N4O5S2. The summed E-state index contributed by atoms with van der Waals surface area (Å²) in [5.74, 6) is -0.572. The second-order valence-electron chi connectivity index (χ2n) is 3.83. The Hall–Kier alpha value is -1.76. The zero-order valence-electron chi connectivity index (χ0n) is 10.3. The van der Waals surface area contributed by atoms with Gasteiger partial charge in [0.25, 0.3) is 22.5 Å². The second kappa shape index (κ2) is 6.34. The molecule has 0 spiro atoms. The normalized spacial score (nSPS) is 17.0. The maximum Gasteiger partial charge on any atom is 0.251 e. The lowest BCUT2D eigenvalue weighted by molar-refractivity contribution is 0.0971. The standard InChI is InChI=1S/C10H10N4O5S2/c11-8-5-9(14(12-20(16)17)13-21(18)19)10(15)7-4-2-1-3-6(7)8/h1-5,11-13H,(H,16,17)(H,18,19). The molecule has 2 atom stereocenters. The average Bonchev–Trinajstić information content (AvgIpc) is 2.41. The van der Waals surface area contributed by atoms with E-state index in [9.17, 15) is 13.2 Å². The lowest BCUT2D eigenvalue weighted by Gasteiger charge is -2.26. The first-order valence-electron chi connectivity index (χ1n) is 5.39. The zero-order chi connectivity index (χ0) is 15.6. The Bertz CT molecular complexity index is 674. The number of Topliss-reactive ketones (excluding diaryl/α,β-unsaturated/α-hetero) is 1. The Labute approximate surface area is 124 Å². The van der Waals surface area contributed by atoms with Crippen LogP contribution in [0.2, 0.25) is 0 Å². The molecule has 21 heavy (non-hydrogen) atoms. The summed E-state index contributed by atoms with van der Waals surface area (Å²) in [6.07, 6.45) is 1.12. The van der Waals surface area contributed by atoms with Gasteiger partial charge >= 0.3 is 0 Å². The number of rotatable bonds is 5.